The van der Waals surface area contributed by atoms with Gasteiger partial charge in [-0.15, -0.1) is 10.2 Å². The number of hydrogen-bond donors (Lipinski definition) is 1. The van der Waals surface area contributed by atoms with E-state index in [0.29, 0.717) is 23.5 Å². The van der Waals surface area contributed by atoms with Crippen LogP contribution in [0, 0.1) is 6.92 Å². The molecule has 0 saturated carbocycles. The van der Waals surface area contributed by atoms with Crippen molar-refractivity contribution in [1.82, 2.24) is 14.8 Å². The van der Waals surface area contributed by atoms with E-state index in [0.717, 1.165) is 21.5 Å². The van der Waals surface area contributed by atoms with Crippen LogP contribution in [0.5, 0.6) is 5.75 Å². The number of aryl methyl sites for hydroxylation is 1. The quantitative estimate of drug-likeness (QED) is 0.434. The van der Waals surface area contributed by atoms with Crippen molar-refractivity contribution >= 4 is 39.3 Å². The number of aromatic nitrogens is 3. The van der Waals surface area contributed by atoms with Gasteiger partial charge in [-0.05, 0) is 54.3 Å². The molecule has 30 heavy (non-hydrogen) atoms. The molecule has 1 aromatic heterocycles. The van der Waals surface area contributed by atoms with Crippen molar-refractivity contribution in [2.75, 3.05) is 11.1 Å². The van der Waals surface area contributed by atoms with Gasteiger partial charge in [0.2, 0.25) is 5.91 Å². The summed E-state index contributed by atoms with van der Waals surface area (Å²) in [6.07, 6.45) is 0. The molecule has 0 bridgehead atoms. The van der Waals surface area contributed by atoms with E-state index in [1.165, 1.54) is 17.3 Å². The van der Waals surface area contributed by atoms with Crippen LogP contribution in [0.4, 0.5) is 5.69 Å². The monoisotopic (exact) mass is 488 g/mol. The third kappa shape index (κ3) is 5.86. The Morgan fingerprint density at radius 2 is 1.93 bits per heavy atom. The number of thioether (sulfide) groups is 1. The minimum Gasteiger partial charge on any atom is -0.485 e. The lowest BCUT2D eigenvalue weighted by Crippen LogP contribution is -2.14. The molecule has 0 aliphatic rings. The van der Waals surface area contributed by atoms with Crippen LogP contribution in [0.2, 0.25) is 0 Å². The van der Waals surface area contributed by atoms with Crippen LogP contribution < -0.4 is 10.1 Å². The van der Waals surface area contributed by atoms with E-state index in [2.05, 4.69) is 57.4 Å². The second-order valence-corrected chi connectivity index (χ2v) is 9.14. The van der Waals surface area contributed by atoms with E-state index in [1.54, 1.807) is 0 Å². The summed E-state index contributed by atoms with van der Waals surface area (Å²) < 4.78 is 8.89. The second-order valence-electron chi connectivity index (χ2n) is 7.29. The van der Waals surface area contributed by atoms with Gasteiger partial charge in [0.15, 0.2) is 11.0 Å². The maximum absolute atomic E-state index is 12.2. The van der Waals surface area contributed by atoms with Crippen LogP contribution in [0.1, 0.15) is 36.7 Å². The highest BCUT2D eigenvalue weighted by molar-refractivity contribution is 9.10. The van der Waals surface area contributed by atoms with Crippen molar-refractivity contribution < 1.29 is 9.53 Å². The summed E-state index contributed by atoms with van der Waals surface area (Å²) in [5.41, 5.74) is 3.08. The third-order valence-electron chi connectivity index (χ3n) is 4.53. The van der Waals surface area contributed by atoms with E-state index in [-0.39, 0.29) is 11.7 Å². The predicted molar refractivity (Wildman–Crippen MR) is 124 cm³/mol. The van der Waals surface area contributed by atoms with Gasteiger partial charge in [-0.1, -0.05) is 53.7 Å². The van der Waals surface area contributed by atoms with Gasteiger partial charge in [-0.2, -0.15) is 0 Å². The van der Waals surface area contributed by atoms with E-state index in [9.17, 15) is 4.79 Å². The molecule has 0 saturated heterocycles. The number of rotatable bonds is 8. The lowest BCUT2D eigenvalue weighted by molar-refractivity contribution is -0.113. The highest BCUT2D eigenvalue weighted by Gasteiger charge is 2.14. The molecular weight excluding hydrogens is 464 g/mol. The number of benzene rings is 2. The SMILES string of the molecule is Cc1ccc(C(C)C)c(OCc2nnc(SCC(=O)Nc3ccc(Br)cc3)n2C)c1. The number of nitrogens with zero attached hydrogens (tertiary/aromatic N) is 3. The fourth-order valence-corrected chi connectivity index (χ4v) is 3.84. The lowest BCUT2D eigenvalue weighted by atomic mass is 10.0. The average molecular weight is 489 g/mol. The molecule has 2 aromatic carbocycles. The molecular formula is C22H25BrN4O2S. The molecule has 8 heteroatoms. The molecule has 1 N–H and O–H groups in total. The van der Waals surface area contributed by atoms with Crippen LogP contribution in [0.25, 0.3) is 0 Å². The van der Waals surface area contributed by atoms with Crippen LogP contribution in [-0.4, -0.2) is 26.4 Å². The Bertz CT molecular complexity index is 1020. The summed E-state index contributed by atoms with van der Waals surface area (Å²) in [7, 11) is 1.88. The molecule has 0 aliphatic heterocycles. The molecule has 1 amide bonds. The van der Waals surface area contributed by atoms with Crippen molar-refractivity contribution in [2.24, 2.45) is 7.05 Å². The fourth-order valence-electron chi connectivity index (χ4n) is 2.84. The van der Waals surface area contributed by atoms with Gasteiger partial charge >= 0.3 is 0 Å². The van der Waals surface area contributed by atoms with E-state index >= 15 is 0 Å². The van der Waals surface area contributed by atoms with Crippen LogP contribution in [-0.2, 0) is 18.4 Å². The Hall–Kier alpha value is -2.32. The topological polar surface area (TPSA) is 69.0 Å². The second kappa shape index (κ2) is 10.1. The standard InChI is InChI=1S/C22H25BrN4O2S/c1-14(2)18-10-5-15(3)11-19(18)29-12-20-25-26-22(27(20)4)30-13-21(28)24-17-8-6-16(23)7-9-17/h5-11,14H,12-13H2,1-4H3,(H,24,28). The van der Waals surface area contributed by atoms with Crippen molar-refractivity contribution in [1.29, 1.82) is 0 Å². The van der Waals surface area contributed by atoms with Gasteiger partial charge in [0, 0.05) is 17.2 Å². The summed E-state index contributed by atoms with van der Waals surface area (Å²) in [5, 5.41) is 12.0. The number of nitrogens with one attached hydrogen (secondary N) is 1. The molecule has 0 radical (unpaired) electrons. The van der Waals surface area contributed by atoms with Crippen LogP contribution in [0.3, 0.4) is 0 Å². The number of anilines is 1. The molecule has 6 nitrogen and oxygen atoms in total. The lowest BCUT2D eigenvalue weighted by Gasteiger charge is -2.14. The minimum absolute atomic E-state index is 0.0931. The Morgan fingerprint density at radius 3 is 2.63 bits per heavy atom. The molecule has 158 valence electrons. The Balaban J connectivity index is 1.58. The fraction of sp³-hybridized carbons (Fsp3) is 0.318. The van der Waals surface area contributed by atoms with Gasteiger partial charge in [0.1, 0.15) is 12.4 Å². The first kappa shape index (κ1) is 22.4. The van der Waals surface area contributed by atoms with Gasteiger partial charge < -0.3 is 14.6 Å². The average Bonchev–Trinajstić information content (AvgIpc) is 3.06. The molecule has 3 aromatic rings. The molecule has 0 fully saturated rings. The van der Waals surface area contributed by atoms with Crippen molar-refractivity contribution in [2.45, 2.75) is 38.5 Å². The highest BCUT2D eigenvalue weighted by atomic mass is 79.9. The van der Waals surface area contributed by atoms with E-state index in [4.69, 9.17) is 4.74 Å². The number of halogens is 1. The summed E-state index contributed by atoms with van der Waals surface area (Å²) in [5.74, 6) is 2.11. The first-order valence-electron chi connectivity index (χ1n) is 9.63. The van der Waals surface area contributed by atoms with Crippen molar-refractivity contribution in [3.63, 3.8) is 0 Å². The van der Waals surface area contributed by atoms with Gasteiger partial charge in [-0.25, -0.2) is 0 Å². The third-order valence-corrected chi connectivity index (χ3v) is 6.08. The normalized spacial score (nSPS) is 11.0. The number of ether oxygens (including phenoxy) is 1. The summed E-state index contributed by atoms with van der Waals surface area (Å²) >= 11 is 4.72. The van der Waals surface area contributed by atoms with Crippen molar-refractivity contribution in [3.05, 3.63) is 63.9 Å². The Labute approximate surface area is 189 Å². The Kier molecular flexibility index (Phi) is 7.55. The summed E-state index contributed by atoms with van der Waals surface area (Å²) in [6.45, 7) is 6.66. The number of hydrogen-bond acceptors (Lipinski definition) is 5. The molecule has 0 unspecified atom stereocenters. The van der Waals surface area contributed by atoms with Crippen LogP contribution in [0.15, 0.2) is 52.1 Å². The molecule has 1 heterocycles. The van der Waals surface area contributed by atoms with Gasteiger partial charge in [0.25, 0.3) is 0 Å². The minimum atomic E-state index is -0.0931. The molecule has 0 atom stereocenters. The van der Waals surface area contributed by atoms with Gasteiger partial charge in [0.05, 0.1) is 5.75 Å². The predicted octanol–water partition coefficient (Wildman–Crippen LogP) is 5.32. The van der Waals surface area contributed by atoms with E-state index < -0.39 is 0 Å². The number of carbonyl (C=O) groups is 1. The van der Waals surface area contributed by atoms with E-state index in [1.807, 2.05) is 48.9 Å². The highest BCUT2D eigenvalue weighted by Crippen LogP contribution is 2.28. The van der Waals surface area contributed by atoms with Crippen LogP contribution >= 0.6 is 27.7 Å². The molecule has 0 spiro atoms. The molecule has 0 aliphatic carbocycles. The summed E-state index contributed by atoms with van der Waals surface area (Å²) in [6, 6.07) is 13.7. The first-order chi connectivity index (χ1) is 14.3. The zero-order valence-electron chi connectivity index (χ0n) is 17.5. The number of amides is 1. The first-order valence-corrected chi connectivity index (χ1v) is 11.4. The maximum atomic E-state index is 12.2. The largest absolute Gasteiger partial charge is 0.485 e. The molecule has 3 rings (SSSR count). The number of carbonyl (C=O) groups excluding carboxylic acids is 1. The Morgan fingerprint density at radius 1 is 1.20 bits per heavy atom. The zero-order valence-corrected chi connectivity index (χ0v) is 19.9. The smallest absolute Gasteiger partial charge is 0.234 e. The van der Waals surface area contributed by atoms with Crippen molar-refractivity contribution in [3.8, 4) is 5.75 Å². The zero-order chi connectivity index (χ0) is 21.7. The maximum Gasteiger partial charge on any atom is 0.234 e. The van der Waals surface area contributed by atoms with Gasteiger partial charge in [-0.3, -0.25) is 4.79 Å². The summed E-state index contributed by atoms with van der Waals surface area (Å²) in [4.78, 5) is 12.2.